The van der Waals surface area contributed by atoms with Crippen molar-refractivity contribution >= 4 is 5.78 Å². The number of hydrogen-bond donors (Lipinski definition) is 0. The van der Waals surface area contributed by atoms with E-state index >= 15 is 0 Å². The summed E-state index contributed by atoms with van der Waals surface area (Å²) in [5.41, 5.74) is 2.11. The fourth-order valence-corrected chi connectivity index (χ4v) is 6.09. The molecular formula is C20H27NO3. The highest BCUT2D eigenvalue weighted by Crippen LogP contribution is 2.60. The van der Waals surface area contributed by atoms with Gasteiger partial charge >= 0.3 is 0 Å². The molecule has 0 spiro atoms. The molecule has 0 aromatic heterocycles. The molecule has 4 rings (SSSR count). The van der Waals surface area contributed by atoms with Crippen LogP contribution in [0.15, 0.2) is 18.2 Å². The van der Waals surface area contributed by atoms with Gasteiger partial charge in [0.2, 0.25) is 0 Å². The van der Waals surface area contributed by atoms with Crippen LogP contribution >= 0.6 is 0 Å². The van der Waals surface area contributed by atoms with E-state index in [0.29, 0.717) is 24.7 Å². The van der Waals surface area contributed by atoms with Crippen molar-refractivity contribution in [2.75, 3.05) is 27.8 Å². The minimum Gasteiger partial charge on any atom is -0.497 e. The second-order valence-corrected chi connectivity index (χ2v) is 7.87. The standard InChI is InChI=1S/C20H27NO3/c1-13-9-15(22)12-19-7-8-21(2)18(20(13,19)24-4)10-14-5-6-16(23-3)11-17(14)19/h5-6,11,13,18H,7-10,12H2,1-4H3/t13-,18+,19+,20?/m0/s1. The molecule has 130 valence electrons. The lowest BCUT2D eigenvalue weighted by Crippen LogP contribution is -2.76. The summed E-state index contributed by atoms with van der Waals surface area (Å²) in [5.74, 6) is 1.46. The number of carbonyl (C=O) groups excluding carboxylic acids is 1. The number of likely N-dealkylation sites (tertiary alicyclic amines) is 1. The Hall–Kier alpha value is -1.39. The predicted octanol–water partition coefficient (Wildman–Crippen LogP) is 2.58. The number of carbonyl (C=O) groups is 1. The predicted molar refractivity (Wildman–Crippen MR) is 92.6 cm³/mol. The first-order valence-electron chi connectivity index (χ1n) is 8.93. The third-order valence-corrected chi connectivity index (χ3v) is 7.01. The van der Waals surface area contributed by atoms with Gasteiger partial charge in [0.1, 0.15) is 11.5 Å². The second kappa shape index (κ2) is 5.30. The first-order chi connectivity index (χ1) is 11.5. The van der Waals surface area contributed by atoms with Crippen molar-refractivity contribution in [3.63, 3.8) is 0 Å². The van der Waals surface area contributed by atoms with Gasteiger partial charge < -0.3 is 14.4 Å². The third kappa shape index (κ3) is 1.79. The summed E-state index contributed by atoms with van der Waals surface area (Å²) in [7, 11) is 5.75. The number of nitrogens with zero attached hydrogens (tertiary/aromatic N) is 1. The van der Waals surface area contributed by atoms with E-state index in [1.54, 1.807) is 7.11 Å². The molecular weight excluding hydrogens is 302 g/mol. The summed E-state index contributed by atoms with van der Waals surface area (Å²) in [6.07, 6.45) is 3.16. The maximum absolute atomic E-state index is 12.6. The van der Waals surface area contributed by atoms with Crippen LogP contribution in [0, 0.1) is 5.92 Å². The smallest absolute Gasteiger partial charge is 0.134 e. The zero-order valence-corrected chi connectivity index (χ0v) is 15.1. The highest BCUT2D eigenvalue weighted by atomic mass is 16.5. The minimum atomic E-state index is -0.298. The van der Waals surface area contributed by atoms with Crippen LogP contribution in [-0.4, -0.2) is 50.1 Å². The molecule has 0 amide bonds. The van der Waals surface area contributed by atoms with Crippen LogP contribution in [-0.2, 0) is 21.4 Å². The third-order valence-electron chi connectivity index (χ3n) is 7.01. The van der Waals surface area contributed by atoms with Crippen LogP contribution < -0.4 is 4.74 Å². The summed E-state index contributed by atoms with van der Waals surface area (Å²) in [5, 5.41) is 0. The molecule has 1 heterocycles. The van der Waals surface area contributed by atoms with E-state index in [0.717, 1.165) is 25.1 Å². The number of methoxy groups -OCH3 is 2. The Morgan fingerprint density at radius 2 is 2.04 bits per heavy atom. The molecule has 4 heteroatoms. The molecule has 2 bridgehead atoms. The lowest BCUT2D eigenvalue weighted by molar-refractivity contribution is -0.206. The Balaban J connectivity index is 2.01. The van der Waals surface area contributed by atoms with Crippen molar-refractivity contribution < 1.29 is 14.3 Å². The van der Waals surface area contributed by atoms with Gasteiger partial charge in [-0.2, -0.15) is 0 Å². The zero-order chi connectivity index (χ0) is 17.1. The van der Waals surface area contributed by atoms with Crippen LogP contribution in [0.4, 0.5) is 0 Å². The first kappa shape index (κ1) is 16.1. The Kier molecular flexibility index (Phi) is 3.56. The van der Waals surface area contributed by atoms with E-state index in [1.165, 1.54) is 11.1 Å². The average Bonchev–Trinajstić information content (AvgIpc) is 2.57. The van der Waals surface area contributed by atoms with E-state index in [2.05, 4.69) is 31.0 Å². The van der Waals surface area contributed by atoms with Crippen molar-refractivity contribution in [1.82, 2.24) is 4.90 Å². The van der Waals surface area contributed by atoms with Crippen LogP contribution in [0.5, 0.6) is 5.75 Å². The molecule has 24 heavy (non-hydrogen) atoms. The summed E-state index contributed by atoms with van der Waals surface area (Å²) >= 11 is 0. The second-order valence-electron chi connectivity index (χ2n) is 7.87. The topological polar surface area (TPSA) is 38.8 Å². The highest BCUT2D eigenvalue weighted by Gasteiger charge is 2.67. The summed E-state index contributed by atoms with van der Waals surface area (Å²) in [6, 6.07) is 6.71. The number of Topliss-reactive ketones (excluding diaryl/α,β-unsaturated/α-hetero) is 1. The summed E-state index contributed by atoms with van der Waals surface area (Å²) < 4.78 is 11.9. The van der Waals surface area contributed by atoms with Crippen molar-refractivity contribution in [1.29, 1.82) is 0 Å². The fourth-order valence-electron chi connectivity index (χ4n) is 6.09. The van der Waals surface area contributed by atoms with Crippen LogP contribution in [0.3, 0.4) is 0 Å². The number of rotatable bonds is 2. The minimum absolute atomic E-state index is 0.218. The van der Waals surface area contributed by atoms with Gasteiger partial charge in [-0.05, 0) is 55.6 Å². The van der Waals surface area contributed by atoms with Crippen LogP contribution in [0.2, 0.25) is 0 Å². The molecule has 1 aromatic rings. The molecule has 1 saturated carbocycles. The van der Waals surface area contributed by atoms with Crippen LogP contribution in [0.25, 0.3) is 0 Å². The summed E-state index contributed by atoms with van der Waals surface area (Å²) in [6.45, 7) is 3.21. The van der Waals surface area contributed by atoms with E-state index < -0.39 is 0 Å². The molecule has 0 radical (unpaired) electrons. The Bertz CT molecular complexity index is 687. The largest absolute Gasteiger partial charge is 0.497 e. The molecule has 3 aliphatic rings. The van der Waals surface area contributed by atoms with E-state index in [9.17, 15) is 4.79 Å². The monoisotopic (exact) mass is 329 g/mol. The molecule has 0 N–H and O–H groups in total. The maximum Gasteiger partial charge on any atom is 0.134 e. The Morgan fingerprint density at radius 3 is 2.75 bits per heavy atom. The number of fused-ring (bicyclic) bond motifs is 1. The first-order valence-corrected chi connectivity index (χ1v) is 8.93. The van der Waals surface area contributed by atoms with Crippen molar-refractivity contribution in [2.45, 2.75) is 49.7 Å². The fraction of sp³-hybridized carbons (Fsp3) is 0.650. The van der Waals surface area contributed by atoms with Gasteiger partial charge in [-0.15, -0.1) is 0 Å². The number of ketones is 1. The number of likely N-dealkylation sites (N-methyl/N-ethyl adjacent to an activating group) is 1. The number of piperidine rings is 1. The van der Waals surface area contributed by atoms with E-state index in [-0.39, 0.29) is 16.9 Å². The summed E-state index contributed by atoms with van der Waals surface area (Å²) in [4.78, 5) is 15.1. The molecule has 1 saturated heterocycles. The lowest BCUT2D eigenvalue weighted by atomic mass is 9.46. The van der Waals surface area contributed by atoms with Gasteiger partial charge in [0, 0.05) is 31.4 Å². The SMILES string of the molecule is COc1ccc2c(c1)[C@]13CCN(C)[C@H](C2)C1(OC)[C@@H](C)CC(=O)C3. The molecule has 2 aliphatic carbocycles. The Morgan fingerprint density at radius 1 is 1.25 bits per heavy atom. The van der Waals surface area contributed by atoms with Crippen molar-refractivity contribution in [3.8, 4) is 5.75 Å². The molecule has 1 aliphatic heterocycles. The molecule has 4 atom stereocenters. The highest BCUT2D eigenvalue weighted by molar-refractivity contribution is 5.83. The van der Waals surface area contributed by atoms with Gasteiger partial charge in [0.05, 0.1) is 12.7 Å². The van der Waals surface area contributed by atoms with E-state index in [1.807, 2.05) is 13.2 Å². The van der Waals surface area contributed by atoms with Gasteiger partial charge in [-0.3, -0.25) is 4.79 Å². The van der Waals surface area contributed by atoms with Gasteiger partial charge in [0.15, 0.2) is 0 Å². The normalized spacial score (nSPS) is 38.4. The average molecular weight is 329 g/mol. The number of benzene rings is 1. The van der Waals surface area contributed by atoms with Gasteiger partial charge in [-0.1, -0.05) is 13.0 Å². The number of hydrogen-bond acceptors (Lipinski definition) is 4. The van der Waals surface area contributed by atoms with Crippen LogP contribution in [0.1, 0.15) is 37.3 Å². The number of ether oxygens (including phenoxy) is 2. The molecule has 1 aromatic carbocycles. The zero-order valence-electron chi connectivity index (χ0n) is 15.1. The van der Waals surface area contributed by atoms with Crippen molar-refractivity contribution in [3.05, 3.63) is 29.3 Å². The maximum atomic E-state index is 12.6. The lowest BCUT2D eigenvalue weighted by Gasteiger charge is -2.66. The molecule has 2 fully saturated rings. The van der Waals surface area contributed by atoms with E-state index in [4.69, 9.17) is 9.47 Å². The van der Waals surface area contributed by atoms with Crippen molar-refractivity contribution in [2.24, 2.45) is 5.92 Å². The molecule has 4 nitrogen and oxygen atoms in total. The Labute approximate surface area is 144 Å². The van der Waals surface area contributed by atoms with Gasteiger partial charge in [-0.25, -0.2) is 0 Å². The van der Waals surface area contributed by atoms with Gasteiger partial charge in [0.25, 0.3) is 0 Å². The quantitative estimate of drug-likeness (QED) is 0.836. The molecule has 1 unspecified atom stereocenters.